The molecular formula is C20H14F2N4O4S. The van der Waals surface area contributed by atoms with Crippen molar-refractivity contribution in [2.45, 2.75) is 11.4 Å². The number of benzene rings is 3. The normalized spacial score (nSPS) is 11.7. The van der Waals surface area contributed by atoms with Gasteiger partial charge in [-0.3, -0.25) is 19.4 Å². The number of imidazole rings is 1. The Balaban J connectivity index is 1.62. The molecule has 1 heterocycles. The van der Waals surface area contributed by atoms with Gasteiger partial charge in [0.15, 0.2) is 0 Å². The average Bonchev–Trinajstić information content (AvgIpc) is 3.14. The number of hydrogen-bond acceptors (Lipinski definition) is 5. The predicted octanol–water partition coefficient (Wildman–Crippen LogP) is 4.81. The Morgan fingerprint density at radius 3 is 2.23 bits per heavy atom. The summed E-state index contributed by atoms with van der Waals surface area (Å²) in [6, 6.07) is 16.8. The van der Waals surface area contributed by atoms with Gasteiger partial charge in [-0.15, -0.1) is 0 Å². The molecule has 11 heteroatoms. The monoisotopic (exact) mass is 444 g/mol. The van der Waals surface area contributed by atoms with Gasteiger partial charge < -0.3 is 0 Å². The van der Waals surface area contributed by atoms with E-state index in [4.69, 9.17) is 0 Å². The number of halogens is 2. The van der Waals surface area contributed by atoms with Gasteiger partial charge in [0.1, 0.15) is 5.82 Å². The third-order valence-corrected chi connectivity index (χ3v) is 5.94. The lowest BCUT2D eigenvalue weighted by atomic mass is 10.2. The molecule has 1 N–H and O–H groups in total. The van der Waals surface area contributed by atoms with E-state index in [1.54, 1.807) is 24.3 Å². The second kappa shape index (κ2) is 7.76. The number of non-ortho nitro benzene ring substituents is 1. The molecule has 0 amide bonds. The molecule has 0 atom stereocenters. The maximum Gasteiger partial charge on any atom is 0.320 e. The van der Waals surface area contributed by atoms with Gasteiger partial charge in [0, 0.05) is 23.4 Å². The zero-order valence-corrected chi connectivity index (χ0v) is 16.5. The van der Waals surface area contributed by atoms with Crippen molar-refractivity contribution in [2.75, 3.05) is 4.72 Å². The molecule has 0 unspecified atom stereocenters. The number of rotatable bonds is 6. The van der Waals surface area contributed by atoms with E-state index in [9.17, 15) is 27.3 Å². The standard InChI is InChI=1S/C20H14F2N4O4S/c21-20(22)25-18-4-2-1-3-17(18)23-19(25)13-5-7-14(8-6-13)24-31(29,30)16-11-9-15(10-12-16)26(27)28/h1-12,20,24H. The first-order valence-corrected chi connectivity index (χ1v) is 10.4. The Morgan fingerprint density at radius 1 is 0.968 bits per heavy atom. The Labute approximate surface area is 175 Å². The molecule has 31 heavy (non-hydrogen) atoms. The van der Waals surface area contributed by atoms with Crippen molar-refractivity contribution in [3.63, 3.8) is 0 Å². The fourth-order valence-corrected chi connectivity index (χ4v) is 4.15. The van der Waals surface area contributed by atoms with Crippen LogP contribution in [0.5, 0.6) is 0 Å². The van der Waals surface area contributed by atoms with Crippen LogP contribution in [0.4, 0.5) is 20.2 Å². The van der Waals surface area contributed by atoms with E-state index in [0.29, 0.717) is 11.1 Å². The van der Waals surface area contributed by atoms with Crippen molar-refractivity contribution >= 4 is 32.4 Å². The summed E-state index contributed by atoms with van der Waals surface area (Å²) >= 11 is 0. The minimum absolute atomic E-state index is 0.0565. The number of aromatic nitrogens is 2. The first-order chi connectivity index (χ1) is 14.8. The van der Waals surface area contributed by atoms with Crippen molar-refractivity contribution in [3.8, 4) is 11.4 Å². The number of nitrogens with one attached hydrogen (secondary N) is 1. The van der Waals surface area contributed by atoms with Gasteiger partial charge in [-0.2, -0.15) is 8.78 Å². The smallest absolute Gasteiger partial charge is 0.280 e. The van der Waals surface area contributed by atoms with E-state index in [0.717, 1.165) is 28.8 Å². The third kappa shape index (κ3) is 3.94. The number of para-hydroxylation sites is 2. The first kappa shape index (κ1) is 20.4. The van der Waals surface area contributed by atoms with Crippen LogP contribution >= 0.6 is 0 Å². The van der Waals surface area contributed by atoms with Gasteiger partial charge in [0.05, 0.1) is 20.9 Å². The molecule has 1 aromatic heterocycles. The highest BCUT2D eigenvalue weighted by Gasteiger charge is 2.20. The van der Waals surface area contributed by atoms with Crippen LogP contribution in [-0.4, -0.2) is 22.9 Å². The molecule has 3 aromatic carbocycles. The van der Waals surface area contributed by atoms with Crippen molar-refractivity contribution in [1.82, 2.24) is 9.55 Å². The summed E-state index contributed by atoms with van der Waals surface area (Å²) in [5.41, 5.74) is 1.05. The topological polar surface area (TPSA) is 107 Å². The minimum atomic E-state index is -3.99. The quantitative estimate of drug-likeness (QED) is 0.339. The molecule has 0 radical (unpaired) electrons. The van der Waals surface area contributed by atoms with E-state index in [1.807, 2.05) is 0 Å². The Kier molecular flexibility index (Phi) is 5.11. The van der Waals surface area contributed by atoms with Gasteiger partial charge in [-0.05, 0) is 48.5 Å². The van der Waals surface area contributed by atoms with Crippen LogP contribution in [-0.2, 0) is 10.0 Å². The largest absolute Gasteiger partial charge is 0.320 e. The van der Waals surface area contributed by atoms with E-state index < -0.39 is 21.5 Å². The Hall–Kier alpha value is -3.86. The van der Waals surface area contributed by atoms with Crippen molar-refractivity contribution < 1.29 is 22.1 Å². The second-order valence-electron chi connectivity index (χ2n) is 6.51. The summed E-state index contributed by atoms with van der Waals surface area (Å²) in [5.74, 6) is 0.0565. The number of nitrogens with zero attached hydrogens (tertiary/aromatic N) is 3. The Bertz CT molecular complexity index is 1370. The van der Waals surface area contributed by atoms with Crippen LogP contribution in [0, 0.1) is 10.1 Å². The number of hydrogen-bond donors (Lipinski definition) is 1. The molecule has 158 valence electrons. The molecule has 8 nitrogen and oxygen atoms in total. The van der Waals surface area contributed by atoms with E-state index in [2.05, 4.69) is 9.71 Å². The summed E-state index contributed by atoms with van der Waals surface area (Å²) in [7, 11) is -3.99. The molecule has 0 fully saturated rings. The number of nitro groups is 1. The number of fused-ring (bicyclic) bond motifs is 1. The highest BCUT2D eigenvalue weighted by atomic mass is 32.2. The van der Waals surface area contributed by atoms with Crippen LogP contribution in [0.25, 0.3) is 22.4 Å². The fraction of sp³-hybridized carbons (Fsp3) is 0.0500. The maximum atomic E-state index is 13.6. The molecular weight excluding hydrogens is 430 g/mol. The molecule has 0 bridgehead atoms. The summed E-state index contributed by atoms with van der Waals surface area (Å²) < 4.78 is 55.4. The molecule has 0 spiro atoms. The van der Waals surface area contributed by atoms with Crippen molar-refractivity contribution in [1.29, 1.82) is 0 Å². The molecule has 0 saturated heterocycles. The van der Waals surface area contributed by atoms with Gasteiger partial charge in [0.25, 0.3) is 15.7 Å². The zero-order valence-electron chi connectivity index (χ0n) is 15.6. The lowest BCUT2D eigenvalue weighted by Crippen LogP contribution is -2.12. The lowest BCUT2D eigenvalue weighted by Gasteiger charge is -2.10. The van der Waals surface area contributed by atoms with Gasteiger partial charge >= 0.3 is 6.55 Å². The lowest BCUT2D eigenvalue weighted by molar-refractivity contribution is -0.384. The number of nitro benzene ring substituents is 1. The van der Waals surface area contributed by atoms with Crippen LogP contribution < -0.4 is 4.72 Å². The molecule has 4 aromatic rings. The van der Waals surface area contributed by atoms with Crippen LogP contribution in [0.15, 0.2) is 77.7 Å². The summed E-state index contributed by atoms with van der Waals surface area (Å²) in [6.45, 7) is -2.80. The molecule has 0 aliphatic carbocycles. The van der Waals surface area contributed by atoms with E-state index in [-0.39, 0.29) is 27.6 Å². The molecule has 0 aliphatic rings. The van der Waals surface area contributed by atoms with Crippen LogP contribution in [0.2, 0.25) is 0 Å². The fourth-order valence-electron chi connectivity index (χ4n) is 3.09. The second-order valence-corrected chi connectivity index (χ2v) is 8.19. The summed E-state index contributed by atoms with van der Waals surface area (Å²) in [5, 5.41) is 10.7. The van der Waals surface area contributed by atoms with Gasteiger partial charge in [-0.1, -0.05) is 12.1 Å². The summed E-state index contributed by atoms with van der Waals surface area (Å²) in [6.07, 6.45) is 0. The Morgan fingerprint density at radius 2 is 1.61 bits per heavy atom. The predicted molar refractivity (Wildman–Crippen MR) is 110 cm³/mol. The highest BCUT2D eigenvalue weighted by Crippen LogP contribution is 2.30. The molecule has 0 aliphatic heterocycles. The first-order valence-electron chi connectivity index (χ1n) is 8.89. The molecule has 0 saturated carbocycles. The van der Waals surface area contributed by atoms with Crippen LogP contribution in [0.3, 0.4) is 0 Å². The SMILES string of the molecule is O=[N+]([O-])c1ccc(S(=O)(=O)Nc2ccc(-c3nc4ccccc4n3C(F)F)cc2)cc1. The zero-order chi connectivity index (χ0) is 22.2. The summed E-state index contributed by atoms with van der Waals surface area (Å²) in [4.78, 5) is 14.2. The highest BCUT2D eigenvalue weighted by molar-refractivity contribution is 7.92. The third-order valence-electron chi connectivity index (χ3n) is 4.54. The van der Waals surface area contributed by atoms with Gasteiger partial charge in [0.2, 0.25) is 0 Å². The van der Waals surface area contributed by atoms with E-state index in [1.165, 1.54) is 24.3 Å². The van der Waals surface area contributed by atoms with Crippen molar-refractivity contribution in [3.05, 3.63) is 82.9 Å². The minimum Gasteiger partial charge on any atom is -0.280 e. The number of sulfonamides is 1. The van der Waals surface area contributed by atoms with E-state index >= 15 is 0 Å². The van der Waals surface area contributed by atoms with Crippen molar-refractivity contribution in [2.24, 2.45) is 0 Å². The molecule has 4 rings (SSSR count). The van der Waals surface area contributed by atoms with Crippen LogP contribution in [0.1, 0.15) is 6.55 Å². The van der Waals surface area contributed by atoms with Gasteiger partial charge in [-0.25, -0.2) is 13.4 Å². The number of anilines is 1. The average molecular weight is 444 g/mol. The number of alkyl halides is 2. The maximum absolute atomic E-state index is 13.6.